The zero-order chi connectivity index (χ0) is 26.1. The maximum atomic E-state index is 4.23. The van der Waals surface area contributed by atoms with Crippen LogP contribution >= 0.6 is 0 Å². The fraction of sp³-hybridized carbons (Fsp3) is 0.667. The van der Waals surface area contributed by atoms with Crippen LogP contribution in [-0.4, -0.2) is 56.4 Å². The van der Waals surface area contributed by atoms with Crippen molar-refractivity contribution in [1.82, 2.24) is 0 Å². The van der Waals surface area contributed by atoms with Crippen LogP contribution in [0.15, 0.2) is 50.3 Å². The smallest absolute Gasteiger partial charge is 0.688 e. The summed E-state index contributed by atoms with van der Waals surface area (Å²) in [7, 11) is 0. The molecular formula is C27H51N6Ti. The monoisotopic (exact) mass is 507 g/mol. The minimum atomic E-state index is 0. The molecule has 0 fully saturated rings. The molecule has 0 unspecified atom stereocenters. The zero-order valence-electron chi connectivity index (χ0n) is 24.2. The predicted octanol–water partition coefficient (Wildman–Crippen LogP) is 8.29. The first-order valence-corrected chi connectivity index (χ1v) is 12.2. The van der Waals surface area contributed by atoms with Gasteiger partial charge in [0.15, 0.2) is 0 Å². The number of allylic oxidation sites excluding steroid dienone is 6. The number of hydrogen-bond donors (Lipinski definition) is 0. The van der Waals surface area contributed by atoms with Crippen molar-refractivity contribution in [3.8, 4) is 0 Å². The summed E-state index contributed by atoms with van der Waals surface area (Å²) in [4.78, 5) is 12.7. The molecule has 0 saturated carbocycles. The van der Waals surface area contributed by atoms with E-state index in [1.807, 2.05) is 101 Å². The average Bonchev–Trinajstić information content (AvgIpc) is 2.69. The van der Waals surface area contributed by atoms with Gasteiger partial charge in [-0.15, -0.1) is 19.6 Å². The van der Waals surface area contributed by atoms with Crippen molar-refractivity contribution in [3.05, 3.63) is 51.3 Å². The molecule has 7 heteroatoms. The Kier molecular flexibility index (Phi) is 34.2. The van der Waals surface area contributed by atoms with E-state index >= 15 is 0 Å². The second kappa shape index (κ2) is 29.4. The molecule has 0 heterocycles. The van der Waals surface area contributed by atoms with Crippen molar-refractivity contribution < 1.29 is 21.7 Å². The molecule has 6 nitrogen and oxygen atoms in total. The maximum Gasteiger partial charge on any atom is 3.00 e. The Morgan fingerprint density at radius 3 is 0.824 bits per heavy atom. The van der Waals surface area contributed by atoms with Gasteiger partial charge in [-0.1, -0.05) is 59.8 Å². The fourth-order valence-corrected chi connectivity index (χ4v) is 2.68. The molecule has 0 N–H and O–H groups in total. The molecule has 0 aliphatic heterocycles. The summed E-state index contributed by atoms with van der Waals surface area (Å²) in [5.41, 5.74) is 6.35. The van der Waals surface area contributed by atoms with E-state index in [0.717, 1.165) is 73.5 Å². The van der Waals surface area contributed by atoms with Crippen molar-refractivity contribution in [3.63, 3.8) is 0 Å². The zero-order valence-corrected chi connectivity index (χ0v) is 25.7. The van der Waals surface area contributed by atoms with E-state index in [0.29, 0.717) is 0 Å². The second-order valence-electron chi connectivity index (χ2n) is 7.13. The van der Waals surface area contributed by atoms with Crippen LogP contribution in [0.25, 0.3) is 16.0 Å². The summed E-state index contributed by atoms with van der Waals surface area (Å²) in [6.07, 6.45) is 6.02. The van der Waals surface area contributed by atoms with Crippen LogP contribution in [0.2, 0.25) is 0 Å². The van der Waals surface area contributed by atoms with Gasteiger partial charge in [-0.3, -0.25) is 15.0 Å². The quantitative estimate of drug-likeness (QED) is 0.188. The molecule has 0 atom stereocenters. The third-order valence-corrected chi connectivity index (χ3v) is 3.70. The van der Waals surface area contributed by atoms with Crippen molar-refractivity contribution in [1.29, 1.82) is 0 Å². The Morgan fingerprint density at radius 1 is 0.471 bits per heavy atom. The van der Waals surface area contributed by atoms with Crippen LogP contribution < -0.4 is 0 Å². The largest absolute Gasteiger partial charge is 3.00 e. The summed E-state index contributed by atoms with van der Waals surface area (Å²) in [5.74, 6) is 0. The van der Waals surface area contributed by atoms with Gasteiger partial charge in [-0.05, 0) is 41.5 Å². The van der Waals surface area contributed by atoms with Gasteiger partial charge in [-0.2, -0.15) is 17.1 Å². The Hall–Kier alpha value is -1.66. The maximum absolute atomic E-state index is 4.23. The van der Waals surface area contributed by atoms with Gasteiger partial charge in [0, 0.05) is 36.8 Å². The topological polar surface area (TPSA) is 79.4 Å². The van der Waals surface area contributed by atoms with Crippen LogP contribution in [0, 0.1) is 0 Å². The second-order valence-corrected chi connectivity index (χ2v) is 7.13. The van der Waals surface area contributed by atoms with E-state index in [9.17, 15) is 0 Å². The number of nitrogens with zero attached hydrogens (tertiary/aromatic N) is 6. The van der Waals surface area contributed by atoms with Crippen molar-refractivity contribution in [2.45, 2.75) is 83.1 Å². The van der Waals surface area contributed by atoms with E-state index in [1.54, 1.807) is 0 Å². The van der Waals surface area contributed by atoms with Gasteiger partial charge in [0.2, 0.25) is 0 Å². The molecule has 0 aliphatic rings. The first-order valence-electron chi connectivity index (χ1n) is 12.2. The summed E-state index contributed by atoms with van der Waals surface area (Å²) >= 11 is 0. The molecule has 1 radical (unpaired) electrons. The van der Waals surface area contributed by atoms with E-state index < -0.39 is 0 Å². The fourth-order valence-electron chi connectivity index (χ4n) is 2.68. The van der Waals surface area contributed by atoms with Crippen LogP contribution in [0.5, 0.6) is 0 Å². The Balaban J connectivity index is -0.000000196. The van der Waals surface area contributed by atoms with Gasteiger partial charge < -0.3 is 16.0 Å². The molecule has 0 spiro atoms. The molecule has 0 aromatic carbocycles. The molecular weight excluding hydrogens is 456 g/mol. The standard InChI is InChI=1S/3C9H17N2.Ti/c3*1-5-10-8(3)7-9(4)11-6-2;/h3*7H,5-6H2,1-4H3;/q3*-1;+3/b3*8-7-,11-9?;. The van der Waals surface area contributed by atoms with Crippen LogP contribution in [0.1, 0.15) is 83.1 Å². The first kappa shape index (κ1) is 39.6. The summed E-state index contributed by atoms with van der Waals surface area (Å²) in [6.45, 7) is 29.3. The molecule has 0 rings (SSSR count). The minimum absolute atomic E-state index is 0. The van der Waals surface area contributed by atoms with Gasteiger partial charge in [0.05, 0.1) is 0 Å². The number of hydrogen-bond acceptors (Lipinski definition) is 3. The number of aliphatic imine (C=N–C) groups is 3. The van der Waals surface area contributed by atoms with E-state index in [2.05, 4.69) is 30.9 Å². The van der Waals surface area contributed by atoms with Crippen molar-refractivity contribution in [2.75, 3.05) is 39.3 Å². The van der Waals surface area contributed by atoms with E-state index in [-0.39, 0.29) is 21.7 Å². The summed E-state index contributed by atoms with van der Waals surface area (Å²) < 4.78 is 0. The third-order valence-electron chi connectivity index (χ3n) is 3.70. The average molecular weight is 508 g/mol. The molecule has 0 aromatic rings. The van der Waals surface area contributed by atoms with Gasteiger partial charge >= 0.3 is 21.7 Å². The summed E-state index contributed by atoms with van der Waals surface area (Å²) in [6, 6.07) is 0. The predicted molar refractivity (Wildman–Crippen MR) is 154 cm³/mol. The summed E-state index contributed by atoms with van der Waals surface area (Å²) in [5, 5.41) is 12.7. The van der Waals surface area contributed by atoms with Crippen LogP contribution in [-0.2, 0) is 21.7 Å². The first-order chi connectivity index (χ1) is 15.6. The minimum Gasteiger partial charge on any atom is -0.688 e. The molecule has 34 heavy (non-hydrogen) atoms. The normalized spacial score (nSPS) is 13.1. The van der Waals surface area contributed by atoms with Gasteiger partial charge in [0.25, 0.3) is 0 Å². The molecule has 0 aromatic heterocycles. The van der Waals surface area contributed by atoms with E-state index in [1.165, 1.54) is 0 Å². The Labute approximate surface area is 227 Å². The molecule has 193 valence electrons. The van der Waals surface area contributed by atoms with Crippen LogP contribution in [0.3, 0.4) is 0 Å². The Bertz CT molecular complexity index is 568. The molecule has 0 saturated heterocycles. The molecule has 0 amide bonds. The van der Waals surface area contributed by atoms with Crippen LogP contribution in [0.4, 0.5) is 0 Å². The van der Waals surface area contributed by atoms with Gasteiger partial charge in [0.1, 0.15) is 0 Å². The van der Waals surface area contributed by atoms with Crippen molar-refractivity contribution in [2.24, 2.45) is 15.0 Å². The number of rotatable bonds is 12. The van der Waals surface area contributed by atoms with E-state index in [4.69, 9.17) is 0 Å². The molecule has 0 aliphatic carbocycles. The van der Waals surface area contributed by atoms with Crippen molar-refractivity contribution >= 4 is 17.1 Å². The Morgan fingerprint density at radius 2 is 0.676 bits per heavy atom. The SMILES string of the molecule is CCN=C(C)/C=C(/C)[N-]CC.CCN=C(C)/C=C(/C)[N-]CC.CCN=C(C)/C=C(/C)[N-]CC.[Ti+3]. The van der Waals surface area contributed by atoms with Gasteiger partial charge in [-0.25, -0.2) is 0 Å². The third kappa shape index (κ3) is 32.5. The molecule has 0 bridgehead atoms.